The number of nitrogens with two attached hydrogens (primary N) is 2. The number of aliphatic hydroxyl groups is 2. The van der Waals surface area contributed by atoms with Crippen molar-refractivity contribution in [1.82, 2.24) is 25.3 Å². The molecule has 0 saturated carbocycles. The molecule has 0 radical (unpaired) electrons. The van der Waals surface area contributed by atoms with Crippen LogP contribution >= 0.6 is 0 Å². The zero-order chi connectivity index (χ0) is 22.9. The number of hydroxylamine groups is 2. The summed E-state index contributed by atoms with van der Waals surface area (Å²) in [5.74, 6) is -3.21. The number of carbonyl (C=O) groups is 1. The summed E-state index contributed by atoms with van der Waals surface area (Å²) in [6.45, 7) is -1.57. The summed E-state index contributed by atoms with van der Waals surface area (Å²) >= 11 is 0. The van der Waals surface area contributed by atoms with Crippen molar-refractivity contribution >= 4 is 26.5 Å². The molecule has 0 bridgehead atoms. The average Bonchev–Trinajstić information content (AvgIpc) is 3.01. The fourth-order valence-corrected chi connectivity index (χ4v) is 5.37. The van der Waals surface area contributed by atoms with Gasteiger partial charge in [0.15, 0.2) is 5.25 Å². The Morgan fingerprint density at radius 2 is 1.83 bits per heavy atom. The van der Waals surface area contributed by atoms with E-state index in [0.717, 1.165) is 9.62 Å². The molecule has 2 unspecified atom stereocenters. The third-order valence-corrected chi connectivity index (χ3v) is 6.90. The van der Waals surface area contributed by atoms with E-state index in [9.17, 15) is 41.6 Å². The molecule has 3 saturated heterocycles. The summed E-state index contributed by atoms with van der Waals surface area (Å²) in [6, 6.07) is -2.83. The lowest BCUT2D eigenvalue weighted by Gasteiger charge is -2.55. The van der Waals surface area contributed by atoms with E-state index in [1.54, 1.807) is 0 Å². The highest BCUT2D eigenvalue weighted by Gasteiger charge is 2.77. The van der Waals surface area contributed by atoms with E-state index >= 15 is 0 Å². The van der Waals surface area contributed by atoms with Crippen LogP contribution in [0.4, 0.5) is 4.79 Å². The quantitative estimate of drug-likeness (QED) is 0.132. The number of rotatable bonds is 4. The topological polar surface area (TPSA) is 290 Å². The Morgan fingerprint density at radius 3 is 2.37 bits per heavy atom. The Morgan fingerprint density at radius 1 is 1.23 bits per heavy atom. The first-order chi connectivity index (χ1) is 13.5. The van der Waals surface area contributed by atoms with Gasteiger partial charge in [-0.05, 0) is 0 Å². The molecule has 1 amide bonds. The highest BCUT2D eigenvalue weighted by molar-refractivity contribution is 7.86. The average molecular weight is 479 g/mol. The van der Waals surface area contributed by atoms with Gasteiger partial charge >= 0.3 is 16.4 Å². The lowest BCUT2D eigenvalue weighted by molar-refractivity contribution is -0.305. The first-order valence-electron chi connectivity index (χ1n) is 8.14. The van der Waals surface area contributed by atoms with Gasteiger partial charge in [0.2, 0.25) is 5.79 Å². The van der Waals surface area contributed by atoms with Crippen LogP contribution in [0.5, 0.6) is 0 Å². The minimum Gasteiger partial charge on any atom is -0.447 e. The van der Waals surface area contributed by atoms with Crippen molar-refractivity contribution in [2.75, 3.05) is 13.2 Å². The zero-order valence-corrected chi connectivity index (χ0v) is 16.5. The van der Waals surface area contributed by atoms with Gasteiger partial charge in [-0.1, -0.05) is 0 Å². The molecule has 1 spiro atoms. The van der Waals surface area contributed by atoms with Crippen LogP contribution in [-0.2, 0) is 25.2 Å². The van der Waals surface area contributed by atoms with Crippen molar-refractivity contribution < 1.29 is 50.9 Å². The number of amides is 1. The number of nitrogens with one attached hydrogen (secondary N) is 3. The summed E-state index contributed by atoms with van der Waals surface area (Å²) in [4.78, 5) is 12.4. The molecule has 0 aromatic rings. The van der Waals surface area contributed by atoms with Gasteiger partial charge in [-0.2, -0.15) is 26.6 Å². The van der Waals surface area contributed by atoms with Crippen molar-refractivity contribution in [2.24, 2.45) is 11.5 Å². The number of hydrogen-bond donors (Lipinski definition) is 10. The Kier molecular flexibility index (Phi) is 5.56. The largest absolute Gasteiger partial charge is 0.447 e. The Hall–Kier alpha value is -1.27. The summed E-state index contributed by atoms with van der Waals surface area (Å²) in [7, 11) is -9.97. The first kappa shape index (κ1) is 23.4. The second kappa shape index (κ2) is 7.13. The number of hydrogen-bond acceptors (Lipinski definition) is 15. The van der Waals surface area contributed by atoms with Crippen LogP contribution in [0.3, 0.4) is 0 Å². The molecule has 3 aliphatic heterocycles. The standard InChI is InChI=1S/C10H21N7O11S2/c11-6-13-5-3(2-28-8(18)15-30(25,26)27)17(21)7(12)16-1-4(29(22,23)24)10(19,20)9(5,16)14-6/h3-7,13-14,19-21H,1-2,11-12H2,(H,15,18)(H,22,23,24)(H,25,26,27)/t3-,4-,5-,6?,7?,9-/m0/s1. The Balaban J connectivity index is 1.97. The molecule has 3 fully saturated rings. The lowest BCUT2D eigenvalue weighted by atomic mass is 9.85. The second-order valence-corrected chi connectivity index (χ2v) is 9.70. The van der Waals surface area contributed by atoms with Gasteiger partial charge in [-0.3, -0.25) is 19.7 Å². The maximum absolute atomic E-state index is 11.7. The van der Waals surface area contributed by atoms with Crippen LogP contribution in [0, 0.1) is 0 Å². The predicted molar refractivity (Wildman–Crippen MR) is 91.4 cm³/mol. The second-order valence-electron chi connectivity index (χ2n) is 6.95. The van der Waals surface area contributed by atoms with Crippen LogP contribution in [0.2, 0.25) is 0 Å². The van der Waals surface area contributed by atoms with Crippen molar-refractivity contribution in [3.8, 4) is 0 Å². The van der Waals surface area contributed by atoms with Gasteiger partial charge in [0, 0.05) is 6.54 Å². The van der Waals surface area contributed by atoms with E-state index in [2.05, 4.69) is 15.4 Å². The minimum absolute atomic E-state index is 0.388. The molecule has 12 N–H and O–H groups in total. The summed E-state index contributed by atoms with van der Waals surface area (Å²) < 4.78 is 68.6. The predicted octanol–water partition coefficient (Wildman–Crippen LogP) is -6.42. The zero-order valence-electron chi connectivity index (χ0n) is 14.9. The van der Waals surface area contributed by atoms with E-state index in [1.165, 1.54) is 0 Å². The van der Waals surface area contributed by atoms with Crippen LogP contribution in [0.15, 0.2) is 0 Å². The molecule has 18 nitrogen and oxygen atoms in total. The third-order valence-electron chi connectivity index (χ3n) is 5.28. The van der Waals surface area contributed by atoms with Crippen molar-refractivity contribution in [3.63, 3.8) is 0 Å². The molecule has 3 heterocycles. The maximum atomic E-state index is 11.7. The molecule has 0 aromatic heterocycles. The van der Waals surface area contributed by atoms with Gasteiger partial charge in [0.1, 0.15) is 24.8 Å². The Bertz CT molecular complexity index is 929. The van der Waals surface area contributed by atoms with E-state index in [4.69, 9.17) is 16.0 Å². The highest BCUT2D eigenvalue weighted by Crippen LogP contribution is 2.47. The minimum atomic E-state index is -5.03. The maximum Gasteiger partial charge on any atom is 0.422 e. The van der Waals surface area contributed by atoms with E-state index in [1.807, 2.05) is 0 Å². The van der Waals surface area contributed by atoms with Crippen LogP contribution in [-0.4, -0.2) is 112 Å². The fourth-order valence-electron chi connectivity index (χ4n) is 4.15. The van der Waals surface area contributed by atoms with Crippen molar-refractivity contribution in [2.45, 2.75) is 41.4 Å². The molecule has 3 rings (SSSR count). The molecule has 30 heavy (non-hydrogen) atoms. The van der Waals surface area contributed by atoms with Crippen LogP contribution < -0.4 is 26.8 Å². The molecule has 20 heteroatoms. The number of carbonyl (C=O) groups excluding carboxylic acids is 1. The third kappa shape index (κ3) is 3.54. The van der Waals surface area contributed by atoms with Crippen molar-refractivity contribution in [1.29, 1.82) is 0 Å². The number of ether oxygens (including phenoxy) is 1. The van der Waals surface area contributed by atoms with Gasteiger partial charge in [-0.15, -0.1) is 0 Å². The van der Waals surface area contributed by atoms with E-state index in [-0.39, 0.29) is 0 Å². The molecule has 6 atom stereocenters. The van der Waals surface area contributed by atoms with Crippen LogP contribution in [0.25, 0.3) is 0 Å². The van der Waals surface area contributed by atoms with Crippen molar-refractivity contribution in [3.05, 3.63) is 0 Å². The normalized spacial score (nSPS) is 39.4. The summed E-state index contributed by atoms with van der Waals surface area (Å²) in [6.07, 6.45) is -4.46. The first-order valence-corrected chi connectivity index (χ1v) is 11.1. The molecule has 174 valence electrons. The lowest BCUT2D eigenvalue weighted by Crippen LogP contribution is -2.83. The van der Waals surface area contributed by atoms with Crippen LogP contribution in [0.1, 0.15) is 0 Å². The van der Waals surface area contributed by atoms with E-state index in [0.29, 0.717) is 5.06 Å². The Labute approximate surface area is 169 Å². The SMILES string of the molecule is NC1N[C@H]2[C@H](COC(=O)NS(=O)(=O)O)N(O)C(N)N3C[C@H](S(=O)(=O)O)C(O)(O)[C@]23N1. The van der Waals surface area contributed by atoms with Gasteiger partial charge in [-0.25, -0.2) is 9.69 Å². The summed E-state index contributed by atoms with van der Waals surface area (Å²) in [5.41, 5.74) is 9.45. The van der Waals surface area contributed by atoms with Gasteiger partial charge in [0.25, 0.3) is 10.1 Å². The number of nitrogens with zero attached hydrogens (tertiary/aromatic N) is 2. The van der Waals surface area contributed by atoms with Gasteiger partial charge in [0.05, 0.1) is 12.1 Å². The molecule has 0 aliphatic carbocycles. The van der Waals surface area contributed by atoms with E-state index < -0.39 is 81.0 Å². The monoisotopic (exact) mass is 479 g/mol. The fraction of sp³-hybridized carbons (Fsp3) is 0.900. The molecule has 0 aromatic carbocycles. The highest BCUT2D eigenvalue weighted by atomic mass is 32.2. The summed E-state index contributed by atoms with van der Waals surface area (Å²) in [5, 5.41) is 35.3. The smallest absolute Gasteiger partial charge is 0.422 e. The van der Waals surface area contributed by atoms with Gasteiger partial charge < -0.3 is 31.6 Å². The molecular weight excluding hydrogens is 458 g/mol. The molecule has 3 aliphatic rings. The molecular formula is C10H21N7O11S2.